The summed E-state index contributed by atoms with van der Waals surface area (Å²) in [6.07, 6.45) is 6.79. The standard InChI is InChI=1S/C10H14N2/c1-4-9-7-6-8(3)12-10(9)11-5-2/h5-7,12H,3-4H2,1-2H3/b11-5-. The zero-order valence-electron chi connectivity index (χ0n) is 7.59. The quantitative estimate of drug-likeness (QED) is 0.619. The second kappa shape index (κ2) is 3.90. The first-order valence-corrected chi connectivity index (χ1v) is 4.13. The molecule has 2 heteroatoms. The monoisotopic (exact) mass is 162 g/mol. The van der Waals surface area contributed by atoms with Crippen molar-refractivity contribution < 1.29 is 0 Å². The van der Waals surface area contributed by atoms with Crippen LogP contribution in [0, 0.1) is 0 Å². The molecule has 0 unspecified atom stereocenters. The Balaban J connectivity index is 2.93. The second-order valence-electron chi connectivity index (χ2n) is 2.60. The van der Waals surface area contributed by atoms with Crippen LogP contribution < -0.4 is 5.32 Å². The molecule has 0 atom stereocenters. The summed E-state index contributed by atoms with van der Waals surface area (Å²) in [6.45, 7) is 7.83. The highest BCUT2D eigenvalue weighted by Gasteiger charge is 2.05. The molecule has 0 aliphatic carbocycles. The van der Waals surface area contributed by atoms with Crippen molar-refractivity contribution in [3.63, 3.8) is 0 Å². The first-order valence-electron chi connectivity index (χ1n) is 4.13. The molecular formula is C10H14N2. The SMILES string of the molecule is C=C1C=CC(CC)=C(/N=C\C)N1. The van der Waals surface area contributed by atoms with E-state index >= 15 is 0 Å². The van der Waals surface area contributed by atoms with E-state index in [0.29, 0.717) is 0 Å². The molecule has 0 aromatic heterocycles. The topological polar surface area (TPSA) is 24.4 Å². The van der Waals surface area contributed by atoms with Crippen LogP contribution in [-0.2, 0) is 0 Å². The molecule has 64 valence electrons. The van der Waals surface area contributed by atoms with E-state index in [1.807, 2.05) is 13.0 Å². The molecule has 0 aromatic rings. The third-order valence-electron chi connectivity index (χ3n) is 1.71. The van der Waals surface area contributed by atoms with Crippen LogP contribution in [0.4, 0.5) is 0 Å². The molecule has 0 aromatic carbocycles. The van der Waals surface area contributed by atoms with Gasteiger partial charge in [0.1, 0.15) is 5.82 Å². The summed E-state index contributed by atoms with van der Waals surface area (Å²) in [4.78, 5) is 4.22. The minimum Gasteiger partial charge on any atom is -0.341 e. The summed E-state index contributed by atoms with van der Waals surface area (Å²) >= 11 is 0. The van der Waals surface area contributed by atoms with Crippen molar-refractivity contribution in [2.24, 2.45) is 4.99 Å². The lowest BCUT2D eigenvalue weighted by Crippen LogP contribution is -2.14. The van der Waals surface area contributed by atoms with Gasteiger partial charge in [-0.3, -0.25) is 0 Å². The fourth-order valence-corrected chi connectivity index (χ4v) is 1.08. The number of dihydropyridines is 1. The van der Waals surface area contributed by atoms with Gasteiger partial charge in [0.05, 0.1) is 0 Å². The maximum absolute atomic E-state index is 4.22. The van der Waals surface area contributed by atoms with Crippen LogP contribution >= 0.6 is 0 Å². The molecule has 1 aliphatic rings. The molecule has 0 bridgehead atoms. The summed E-state index contributed by atoms with van der Waals surface area (Å²) in [6, 6.07) is 0. The Bertz CT molecular complexity index is 270. The Labute approximate surface area is 73.4 Å². The zero-order chi connectivity index (χ0) is 8.97. The van der Waals surface area contributed by atoms with Crippen LogP contribution in [0.15, 0.2) is 40.8 Å². The number of rotatable bonds is 2. The lowest BCUT2D eigenvalue weighted by atomic mass is 10.1. The molecular weight excluding hydrogens is 148 g/mol. The maximum Gasteiger partial charge on any atom is 0.133 e. The van der Waals surface area contributed by atoms with E-state index in [-0.39, 0.29) is 0 Å². The third kappa shape index (κ3) is 1.84. The van der Waals surface area contributed by atoms with Gasteiger partial charge in [0.2, 0.25) is 0 Å². The molecule has 2 nitrogen and oxygen atoms in total. The van der Waals surface area contributed by atoms with Gasteiger partial charge in [-0.05, 0) is 25.0 Å². The Morgan fingerprint density at radius 3 is 2.92 bits per heavy atom. The Hall–Kier alpha value is -1.31. The highest BCUT2D eigenvalue weighted by atomic mass is 15.0. The minimum absolute atomic E-state index is 0.896. The number of nitrogens with zero attached hydrogens (tertiary/aromatic N) is 1. The van der Waals surface area contributed by atoms with Crippen LogP contribution in [0.2, 0.25) is 0 Å². The molecule has 0 radical (unpaired) electrons. The van der Waals surface area contributed by atoms with Crippen molar-refractivity contribution >= 4 is 6.21 Å². The summed E-state index contributed by atoms with van der Waals surface area (Å²) in [5.74, 6) is 0.924. The first kappa shape index (κ1) is 8.78. The van der Waals surface area contributed by atoms with E-state index in [4.69, 9.17) is 0 Å². The van der Waals surface area contributed by atoms with Crippen molar-refractivity contribution in [1.29, 1.82) is 0 Å². The Kier molecular flexibility index (Phi) is 2.86. The first-order chi connectivity index (χ1) is 5.77. The molecule has 1 N–H and O–H groups in total. The average molecular weight is 162 g/mol. The van der Waals surface area contributed by atoms with Crippen LogP contribution in [-0.4, -0.2) is 6.21 Å². The van der Waals surface area contributed by atoms with Crippen molar-refractivity contribution in [1.82, 2.24) is 5.32 Å². The fourth-order valence-electron chi connectivity index (χ4n) is 1.08. The predicted octanol–water partition coefficient (Wildman–Crippen LogP) is 2.37. The molecule has 0 amide bonds. The lowest BCUT2D eigenvalue weighted by Gasteiger charge is -2.14. The van der Waals surface area contributed by atoms with Gasteiger partial charge in [0.25, 0.3) is 0 Å². The predicted molar refractivity (Wildman–Crippen MR) is 52.9 cm³/mol. The molecule has 1 heterocycles. The normalized spacial score (nSPS) is 17.3. The van der Waals surface area contributed by atoms with Gasteiger partial charge in [-0.2, -0.15) is 0 Å². The third-order valence-corrected chi connectivity index (χ3v) is 1.71. The van der Waals surface area contributed by atoms with E-state index in [2.05, 4.69) is 29.9 Å². The minimum atomic E-state index is 0.896. The molecule has 0 saturated carbocycles. The number of aliphatic imine (C=N–C) groups is 1. The van der Waals surface area contributed by atoms with Gasteiger partial charge in [0, 0.05) is 11.9 Å². The smallest absolute Gasteiger partial charge is 0.133 e. The van der Waals surface area contributed by atoms with Crippen molar-refractivity contribution in [2.75, 3.05) is 0 Å². The van der Waals surface area contributed by atoms with Crippen LogP contribution in [0.3, 0.4) is 0 Å². The van der Waals surface area contributed by atoms with Crippen molar-refractivity contribution in [3.05, 3.63) is 35.8 Å². The summed E-state index contributed by atoms with van der Waals surface area (Å²) < 4.78 is 0. The van der Waals surface area contributed by atoms with Gasteiger partial charge in [0.15, 0.2) is 0 Å². The van der Waals surface area contributed by atoms with Crippen molar-refractivity contribution in [3.8, 4) is 0 Å². The molecule has 1 rings (SSSR count). The average Bonchev–Trinajstić information content (AvgIpc) is 2.05. The molecule has 1 aliphatic heterocycles. The van der Waals surface area contributed by atoms with Gasteiger partial charge in [-0.15, -0.1) is 0 Å². The highest BCUT2D eigenvalue weighted by molar-refractivity contribution is 5.56. The molecule has 0 saturated heterocycles. The lowest BCUT2D eigenvalue weighted by molar-refractivity contribution is 0.916. The van der Waals surface area contributed by atoms with Gasteiger partial charge in [-0.1, -0.05) is 19.6 Å². The van der Waals surface area contributed by atoms with Crippen LogP contribution in [0.25, 0.3) is 0 Å². The van der Waals surface area contributed by atoms with E-state index in [9.17, 15) is 0 Å². The summed E-state index contributed by atoms with van der Waals surface area (Å²) in [5.41, 5.74) is 2.12. The van der Waals surface area contributed by atoms with Gasteiger partial charge >= 0.3 is 0 Å². The largest absolute Gasteiger partial charge is 0.341 e. The fraction of sp³-hybridized carbons (Fsp3) is 0.300. The Morgan fingerprint density at radius 1 is 1.58 bits per heavy atom. The second-order valence-corrected chi connectivity index (χ2v) is 2.60. The summed E-state index contributed by atoms with van der Waals surface area (Å²) in [7, 11) is 0. The molecule has 0 spiro atoms. The van der Waals surface area contributed by atoms with E-state index in [1.54, 1.807) is 6.21 Å². The maximum atomic E-state index is 4.22. The molecule has 0 fully saturated rings. The van der Waals surface area contributed by atoms with Crippen LogP contribution in [0.1, 0.15) is 20.3 Å². The number of hydrogen-bond donors (Lipinski definition) is 1. The van der Waals surface area contributed by atoms with Crippen LogP contribution in [0.5, 0.6) is 0 Å². The summed E-state index contributed by atoms with van der Waals surface area (Å²) in [5, 5.41) is 3.12. The highest BCUT2D eigenvalue weighted by Crippen LogP contribution is 2.15. The number of hydrogen-bond acceptors (Lipinski definition) is 2. The van der Waals surface area contributed by atoms with E-state index in [1.165, 1.54) is 5.57 Å². The van der Waals surface area contributed by atoms with Gasteiger partial charge < -0.3 is 5.32 Å². The zero-order valence-corrected chi connectivity index (χ0v) is 7.59. The number of allylic oxidation sites excluding steroid dienone is 3. The Morgan fingerprint density at radius 2 is 2.33 bits per heavy atom. The van der Waals surface area contributed by atoms with E-state index in [0.717, 1.165) is 17.9 Å². The van der Waals surface area contributed by atoms with E-state index < -0.39 is 0 Å². The van der Waals surface area contributed by atoms with Crippen molar-refractivity contribution in [2.45, 2.75) is 20.3 Å². The van der Waals surface area contributed by atoms with Gasteiger partial charge in [-0.25, -0.2) is 4.99 Å². The number of nitrogens with one attached hydrogen (secondary N) is 1. The molecule has 12 heavy (non-hydrogen) atoms.